The van der Waals surface area contributed by atoms with E-state index in [1.807, 2.05) is 39.8 Å². The van der Waals surface area contributed by atoms with Gasteiger partial charge in [0.1, 0.15) is 16.5 Å². The first-order valence-electron chi connectivity index (χ1n) is 12.0. The lowest BCUT2D eigenvalue weighted by Crippen LogP contribution is -2.38. The van der Waals surface area contributed by atoms with Crippen LogP contribution < -0.4 is 5.32 Å². The Morgan fingerprint density at radius 2 is 1.89 bits per heavy atom. The molecule has 10 heteroatoms. The number of hydrogen-bond donors (Lipinski definition) is 1. The first-order chi connectivity index (χ1) is 18.1. The molecule has 1 aliphatic rings. The summed E-state index contributed by atoms with van der Waals surface area (Å²) in [5, 5.41) is 15.3. The molecule has 1 N–H and O–H groups in total. The second-order valence-electron chi connectivity index (χ2n) is 8.81. The fraction of sp³-hybridized carbons (Fsp3) is 0.222. The van der Waals surface area contributed by atoms with Crippen molar-refractivity contribution in [3.63, 3.8) is 0 Å². The summed E-state index contributed by atoms with van der Waals surface area (Å²) in [6, 6.07) is 12.1. The Balaban J connectivity index is 1.30. The molecule has 0 atom stereocenters. The minimum absolute atomic E-state index is 0.292. The second kappa shape index (κ2) is 10.5. The second-order valence-corrected chi connectivity index (χ2v) is 10.5. The Kier molecular flexibility index (Phi) is 6.79. The molecule has 4 heterocycles. The van der Waals surface area contributed by atoms with Crippen LogP contribution in [0.1, 0.15) is 10.5 Å². The van der Waals surface area contributed by atoms with Gasteiger partial charge in [0.05, 0.1) is 25.3 Å². The number of hydrogen-bond acceptors (Lipinski definition) is 7. The molecule has 6 rings (SSSR count). The number of rotatable bonds is 7. The highest BCUT2D eigenvalue weighted by molar-refractivity contribution is 7.14. The molecule has 3 aromatic heterocycles. The molecular weight excluding hydrogens is 509 g/mol. The number of amides is 1. The highest BCUT2D eigenvalue weighted by Gasteiger charge is 2.17. The van der Waals surface area contributed by atoms with Crippen molar-refractivity contribution < 1.29 is 13.9 Å². The maximum atomic E-state index is 13.6. The standard InChI is InChI=1S/C27H24FN5O2S2/c28-21-3-1-18(2-4-21)22-14-23-20(15-33(31-23)7-6-32-8-10-35-11-9-32)13-24(22)29-26(34)25-17-37-27(30-25)19-5-12-36-16-19/h1-5,12-17H,6-11H2,(H,29,34). The maximum absolute atomic E-state index is 13.6. The van der Waals surface area contributed by atoms with Crippen molar-refractivity contribution in [3.05, 3.63) is 76.3 Å². The quantitative estimate of drug-likeness (QED) is 0.294. The Morgan fingerprint density at radius 3 is 2.68 bits per heavy atom. The van der Waals surface area contributed by atoms with Gasteiger partial charge in [-0.15, -0.1) is 11.3 Å². The number of thiazole rings is 1. The minimum atomic E-state index is -0.314. The number of morpholine rings is 1. The van der Waals surface area contributed by atoms with Crippen LogP contribution in [-0.2, 0) is 11.3 Å². The predicted octanol–water partition coefficient (Wildman–Crippen LogP) is 5.61. The molecule has 7 nitrogen and oxygen atoms in total. The van der Waals surface area contributed by atoms with Gasteiger partial charge in [-0.3, -0.25) is 14.4 Å². The van der Waals surface area contributed by atoms with E-state index in [1.54, 1.807) is 28.8 Å². The highest BCUT2D eigenvalue weighted by Crippen LogP contribution is 2.33. The van der Waals surface area contributed by atoms with Crippen molar-refractivity contribution in [1.29, 1.82) is 0 Å². The van der Waals surface area contributed by atoms with Gasteiger partial charge in [-0.1, -0.05) is 12.1 Å². The van der Waals surface area contributed by atoms with E-state index < -0.39 is 0 Å². The predicted molar refractivity (Wildman–Crippen MR) is 146 cm³/mol. The third-order valence-corrected chi connectivity index (χ3v) is 7.92. The molecule has 2 aromatic carbocycles. The van der Waals surface area contributed by atoms with E-state index in [9.17, 15) is 9.18 Å². The topological polar surface area (TPSA) is 72.3 Å². The summed E-state index contributed by atoms with van der Waals surface area (Å²) < 4.78 is 21.0. The molecule has 0 saturated carbocycles. The molecular formula is C27H24FN5O2S2. The average Bonchev–Trinajstić information content (AvgIpc) is 3.69. The van der Waals surface area contributed by atoms with Gasteiger partial charge >= 0.3 is 0 Å². The largest absolute Gasteiger partial charge is 0.379 e. The Bertz CT molecular complexity index is 1520. The Labute approximate surface area is 221 Å². The van der Waals surface area contributed by atoms with Crippen molar-refractivity contribution >= 4 is 45.2 Å². The molecule has 37 heavy (non-hydrogen) atoms. The van der Waals surface area contributed by atoms with Crippen LogP contribution in [0.2, 0.25) is 0 Å². The summed E-state index contributed by atoms with van der Waals surface area (Å²) in [7, 11) is 0. The van der Waals surface area contributed by atoms with Crippen molar-refractivity contribution in [1.82, 2.24) is 19.7 Å². The van der Waals surface area contributed by atoms with Gasteiger partial charge < -0.3 is 10.1 Å². The summed E-state index contributed by atoms with van der Waals surface area (Å²) in [4.78, 5) is 20.1. The van der Waals surface area contributed by atoms with E-state index in [0.29, 0.717) is 11.4 Å². The van der Waals surface area contributed by atoms with E-state index in [1.165, 1.54) is 23.5 Å². The van der Waals surface area contributed by atoms with Gasteiger partial charge in [-0.2, -0.15) is 16.4 Å². The van der Waals surface area contributed by atoms with Crippen LogP contribution in [0.5, 0.6) is 0 Å². The molecule has 1 saturated heterocycles. The number of anilines is 1. The maximum Gasteiger partial charge on any atom is 0.275 e. The summed E-state index contributed by atoms with van der Waals surface area (Å²) in [5.41, 5.74) is 4.37. The zero-order valence-corrected chi connectivity index (χ0v) is 21.5. The van der Waals surface area contributed by atoms with Crippen LogP contribution in [0.4, 0.5) is 10.1 Å². The molecule has 0 spiro atoms. The number of nitrogens with zero attached hydrogens (tertiary/aromatic N) is 4. The third-order valence-electron chi connectivity index (χ3n) is 6.35. The first kappa shape index (κ1) is 23.9. The Morgan fingerprint density at radius 1 is 1.05 bits per heavy atom. The van der Waals surface area contributed by atoms with Crippen LogP contribution in [0.15, 0.2) is 64.8 Å². The van der Waals surface area contributed by atoms with Gasteiger partial charge in [0, 0.05) is 58.8 Å². The zero-order valence-electron chi connectivity index (χ0n) is 19.9. The fourth-order valence-electron chi connectivity index (χ4n) is 4.36. The molecule has 1 fully saturated rings. The number of halogens is 1. The molecule has 0 unspecified atom stereocenters. The van der Waals surface area contributed by atoms with E-state index in [4.69, 9.17) is 9.84 Å². The molecule has 5 aromatic rings. The highest BCUT2D eigenvalue weighted by atomic mass is 32.1. The van der Waals surface area contributed by atoms with Crippen LogP contribution in [0.3, 0.4) is 0 Å². The van der Waals surface area contributed by atoms with E-state index in [2.05, 4.69) is 15.2 Å². The number of carbonyl (C=O) groups is 1. The van der Waals surface area contributed by atoms with Gasteiger partial charge in [-0.25, -0.2) is 9.37 Å². The normalized spacial score (nSPS) is 14.3. The summed E-state index contributed by atoms with van der Waals surface area (Å²) in [5.74, 6) is -0.605. The molecule has 1 amide bonds. The molecule has 0 bridgehead atoms. The monoisotopic (exact) mass is 533 g/mol. The number of fused-ring (bicyclic) bond motifs is 1. The van der Waals surface area contributed by atoms with Gasteiger partial charge in [0.2, 0.25) is 0 Å². The van der Waals surface area contributed by atoms with Crippen molar-refractivity contribution in [2.24, 2.45) is 0 Å². The van der Waals surface area contributed by atoms with Crippen molar-refractivity contribution in [3.8, 4) is 21.7 Å². The van der Waals surface area contributed by atoms with E-state index in [0.717, 1.165) is 72.0 Å². The van der Waals surface area contributed by atoms with Gasteiger partial charge in [0.15, 0.2) is 0 Å². The Hall–Kier alpha value is -3.44. The fourth-order valence-corrected chi connectivity index (χ4v) is 5.87. The lowest BCUT2D eigenvalue weighted by atomic mass is 10.0. The molecule has 0 aliphatic carbocycles. The van der Waals surface area contributed by atoms with Crippen LogP contribution in [0.25, 0.3) is 32.6 Å². The number of nitrogens with one attached hydrogen (secondary N) is 1. The molecule has 188 valence electrons. The molecule has 0 radical (unpaired) electrons. The summed E-state index contributed by atoms with van der Waals surface area (Å²) in [6.07, 6.45) is 2.00. The van der Waals surface area contributed by atoms with E-state index >= 15 is 0 Å². The SMILES string of the molecule is O=C(Nc1cc2cn(CCN3CCOCC3)nc2cc1-c1ccc(F)cc1)c1csc(-c2ccsc2)n1. The lowest BCUT2D eigenvalue weighted by molar-refractivity contribution is 0.0360. The third kappa shape index (κ3) is 5.33. The van der Waals surface area contributed by atoms with Gasteiger partial charge in [0.25, 0.3) is 5.91 Å². The van der Waals surface area contributed by atoms with Crippen LogP contribution in [0, 0.1) is 5.82 Å². The number of benzene rings is 2. The number of thiophene rings is 1. The minimum Gasteiger partial charge on any atom is -0.379 e. The number of ether oxygens (including phenoxy) is 1. The smallest absolute Gasteiger partial charge is 0.275 e. The number of carbonyl (C=O) groups excluding carboxylic acids is 1. The van der Waals surface area contributed by atoms with Crippen LogP contribution >= 0.6 is 22.7 Å². The van der Waals surface area contributed by atoms with E-state index in [-0.39, 0.29) is 11.7 Å². The van der Waals surface area contributed by atoms with Crippen molar-refractivity contribution in [2.75, 3.05) is 38.2 Å². The van der Waals surface area contributed by atoms with Gasteiger partial charge in [-0.05, 0) is 41.3 Å². The average molecular weight is 534 g/mol. The number of aromatic nitrogens is 3. The lowest BCUT2D eigenvalue weighted by Gasteiger charge is -2.26. The summed E-state index contributed by atoms with van der Waals surface area (Å²) in [6.45, 7) is 5.03. The first-order valence-corrected chi connectivity index (χ1v) is 13.8. The molecule has 1 aliphatic heterocycles. The summed E-state index contributed by atoms with van der Waals surface area (Å²) >= 11 is 3.03. The zero-order chi connectivity index (χ0) is 25.2. The van der Waals surface area contributed by atoms with Crippen molar-refractivity contribution in [2.45, 2.75) is 6.54 Å². The van der Waals surface area contributed by atoms with Crippen LogP contribution in [-0.4, -0.2) is 58.4 Å².